The Morgan fingerprint density at radius 2 is 2.62 bits per heavy atom. The molecule has 0 atom stereocenters. The summed E-state index contributed by atoms with van der Waals surface area (Å²) in [6.07, 6.45) is 0. The van der Waals surface area contributed by atoms with Gasteiger partial charge in [-0.25, -0.2) is 0 Å². The van der Waals surface area contributed by atoms with E-state index in [1.54, 1.807) is 0 Å². The van der Waals surface area contributed by atoms with Crippen LogP contribution in [0.3, 0.4) is 0 Å². The molecule has 0 aromatic carbocycles. The van der Waals surface area contributed by atoms with Crippen molar-refractivity contribution in [3.05, 3.63) is 0 Å². The Balaban J connectivity index is 2.56. The first-order valence-corrected chi connectivity index (χ1v) is 3.02. The second kappa shape index (κ2) is 2.04. The Bertz CT molecular complexity index is 143. The molecule has 0 aromatic heterocycles. The molecule has 1 heterocycles. The van der Waals surface area contributed by atoms with Gasteiger partial charge in [-0.15, -0.1) is 0 Å². The Morgan fingerprint density at radius 3 is 2.88 bits per heavy atom. The van der Waals surface area contributed by atoms with E-state index in [0.717, 1.165) is 0 Å². The molecule has 5 heteroatoms. The normalized spacial score (nSPS) is 24.0. The van der Waals surface area contributed by atoms with Gasteiger partial charge >= 0.3 is 0 Å². The van der Waals surface area contributed by atoms with Gasteiger partial charge in [0.1, 0.15) is 5.84 Å². The van der Waals surface area contributed by atoms with Crippen molar-refractivity contribution in [1.82, 2.24) is 5.32 Å². The molecule has 1 rings (SSSR count). The molecule has 1 saturated heterocycles. The van der Waals surface area contributed by atoms with Crippen LogP contribution >= 0.6 is 11.8 Å². The molecule has 0 aromatic rings. The molecule has 0 radical (unpaired) electrons. The van der Waals surface area contributed by atoms with Crippen molar-refractivity contribution in [1.29, 1.82) is 0 Å². The topological polar surface area (TPSA) is 67.5 Å². The molecule has 0 aliphatic carbocycles. The van der Waals surface area contributed by atoms with Crippen LogP contribution in [0.1, 0.15) is 0 Å². The van der Waals surface area contributed by atoms with E-state index in [9.17, 15) is 4.79 Å². The largest absolute Gasteiger partial charge is 0.322 e. The molecule has 4 nitrogen and oxygen atoms in total. The number of rotatable bonds is 0. The lowest BCUT2D eigenvalue weighted by atomic mass is 10.7. The van der Waals surface area contributed by atoms with Crippen LogP contribution in [-0.4, -0.2) is 16.8 Å². The van der Waals surface area contributed by atoms with E-state index in [-0.39, 0.29) is 5.24 Å². The number of nitrogens with two attached hydrogens (primary N) is 1. The van der Waals surface area contributed by atoms with Gasteiger partial charge < -0.3 is 11.2 Å². The number of carbonyl (C=O) groups is 1. The number of amidine groups is 1. The minimum atomic E-state index is -0.0748. The number of amides is 1. The summed E-state index contributed by atoms with van der Waals surface area (Å²) >= 11 is 1.17. The van der Waals surface area contributed by atoms with Crippen LogP contribution in [-0.2, 0) is 0 Å². The fourth-order valence-electron chi connectivity index (χ4n) is 0.393. The standard InChI is InChI=1S/C3H5N3OS/c4-6-2-1-8-3(7)5-2/h1,4H2,(H,5,6,7). The fraction of sp³-hybridized carbons (Fsp3) is 0.333. The number of thioether (sulfide) groups is 1. The zero-order chi connectivity index (χ0) is 5.98. The second-order valence-electron chi connectivity index (χ2n) is 1.28. The maximum Gasteiger partial charge on any atom is 0.284 e. The van der Waals surface area contributed by atoms with Crippen LogP contribution in [0.5, 0.6) is 0 Å². The van der Waals surface area contributed by atoms with Gasteiger partial charge in [0.25, 0.3) is 5.24 Å². The van der Waals surface area contributed by atoms with Gasteiger partial charge in [0, 0.05) is 0 Å². The molecule has 0 saturated carbocycles. The highest BCUT2D eigenvalue weighted by atomic mass is 32.2. The van der Waals surface area contributed by atoms with Crippen LogP contribution in [0.2, 0.25) is 0 Å². The van der Waals surface area contributed by atoms with Gasteiger partial charge in [0.2, 0.25) is 0 Å². The average molecular weight is 131 g/mol. The summed E-state index contributed by atoms with van der Waals surface area (Å²) in [7, 11) is 0. The SMILES string of the molecule is N/N=C1\CSC(=O)N1. The van der Waals surface area contributed by atoms with E-state index < -0.39 is 0 Å². The highest BCUT2D eigenvalue weighted by molar-refractivity contribution is 8.14. The van der Waals surface area contributed by atoms with Gasteiger partial charge in [-0.2, -0.15) is 5.10 Å². The summed E-state index contributed by atoms with van der Waals surface area (Å²) in [6, 6.07) is 0. The van der Waals surface area contributed by atoms with Crippen LogP contribution in [0, 0.1) is 0 Å². The minimum Gasteiger partial charge on any atom is -0.322 e. The minimum absolute atomic E-state index is 0.0748. The third kappa shape index (κ3) is 0.919. The molecule has 1 aliphatic rings. The lowest BCUT2D eigenvalue weighted by molar-refractivity contribution is 0.265. The molecule has 44 valence electrons. The van der Waals surface area contributed by atoms with Crippen molar-refractivity contribution in [3.8, 4) is 0 Å². The van der Waals surface area contributed by atoms with E-state index in [1.165, 1.54) is 11.8 Å². The lowest BCUT2D eigenvalue weighted by Gasteiger charge is -1.86. The van der Waals surface area contributed by atoms with E-state index >= 15 is 0 Å². The molecule has 0 spiro atoms. The van der Waals surface area contributed by atoms with Crippen LogP contribution in [0.15, 0.2) is 5.10 Å². The Morgan fingerprint density at radius 1 is 1.88 bits per heavy atom. The van der Waals surface area contributed by atoms with Crippen molar-refractivity contribution in [2.75, 3.05) is 5.75 Å². The quantitative estimate of drug-likeness (QED) is 0.351. The first kappa shape index (κ1) is 5.43. The summed E-state index contributed by atoms with van der Waals surface area (Å²) in [6.45, 7) is 0. The number of nitrogens with zero attached hydrogens (tertiary/aromatic N) is 1. The molecular formula is C3H5N3OS. The summed E-state index contributed by atoms with van der Waals surface area (Å²) in [5.74, 6) is 5.99. The lowest BCUT2D eigenvalue weighted by Crippen LogP contribution is -2.20. The number of hydrogen-bond donors (Lipinski definition) is 2. The zero-order valence-corrected chi connectivity index (χ0v) is 4.86. The van der Waals surface area contributed by atoms with Crippen molar-refractivity contribution >= 4 is 22.8 Å². The van der Waals surface area contributed by atoms with Crippen LogP contribution in [0.25, 0.3) is 0 Å². The highest BCUT2D eigenvalue weighted by Gasteiger charge is 2.15. The smallest absolute Gasteiger partial charge is 0.284 e. The molecule has 1 amide bonds. The molecule has 1 aliphatic heterocycles. The van der Waals surface area contributed by atoms with Crippen LogP contribution in [0.4, 0.5) is 4.79 Å². The number of hydrazone groups is 1. The predicted molar refractivity (Wildman–Crippen MR) is 32.6 cm³/mol. The average Bonchev–Trinajstić information content (AvgIpc) is 2.14. The van der Waals surface area contributed by atoms with E-state index in [1.807, 2.05) is 0 Å². The Labute approximate surface area is 50.5 Å². The van der Waals surface area contributed by atoms with E-state index in [2.05, 4.69) is 10.4 Å². The second-order valence-corrected chi connectivity index (χ2v) is 2.23. The summed E-state index contributed by atoms with van der Waals surface area (Å²) in [4.78, 5) is 10.3. The van der Waals surface area contributed by atoms with Crippen LogP contribution < -0.4 is 11.2 Å². The monoisotopic (exact) mass is 131 g/mol. The van der Waals surface area contributed by atoms with Crippen molar-refractivity contribution in [2.45, 2.75) is 0 Å². The molecule has 8 heavy (non-hydrogen) atoms. The third-order valence-electron chi connectivity index (χ3n) is 0.742. The maximum atomic E-state index is 10.3. The third-order valence-corrected chi connectivity index (χ3v) is 1.52. The fourth-order valence-corrected chi connectivity index (χ4v) is 0.998. The Hall–Kier alpha value is -0.710. The Kier molecular flexibility index (Phi) is 1.38. The van der Waals surface area contributed by atoms with Gasteiger partial charge in [-0.3, -0.25) is 4.79 Å². The number of hydrogen-bond acceptors (Lipinski definition) is 4. The first-order valence-electron chi connectivity index (χ1n) is 2.03. The zero-order valence-electron chi connectivity index (χ0n) is 4.05. The molecule has 3 N–H and O–H groups in total. The predicted octanol–water partition coefficient (Wildman–Crippen LogP) is -0.285. The van der Waals surface area contributed by atoms with Crippen molar-refractivity contribution < 1.29 is 4.79 Å². The molecule has 0 bridgehead atoms. The van der Waals surface area contributed by atoms with E-state index in [0.29, 0.717) is 11.6 Å². The molecular weight excluding hydrogens is 126 g/mol. The van der Waals surface area contributed by atoms with Gasteiger partial charge in [0.05, 0.1) is 5.75 Å². The van der Waals surface area contributed by atoms with Gasteiger partial charge in [0.15, 0.2) is 0 Å². The molecule has 1 fully saturated rings. The van der Waals surface area contributed by atoms with Gasteiger partial charge in [-0.05, 0) is 0 Å². The number of nitrogens with one attached hydrogen (secondary N) is 1. The highest BCUT2D eigenvalue weighted by Crippen LogP contribution is 2.07. The van der Waals surface area contributed by atoms with Gasteiger partial charge in [-0.1, -0.05) is 11.8 Å². The molecule has 0 unspecified atom stereocenters. The first-order chi connectivity index (χ1) is 3.83. The summed E-state index contributed by atoms with van der Waals surface area (Å²) in [5, 5.41) is 5.68. The number of carbonyl (C=O) groups excluding carboxylic acids is 1. The van der Waals surface area contributed by atoms with Crippen molar-refractivity contribution in [2.24, 2.45) is 10.9 Å². The summed E-state index contributed by atoms with van der Waals surface area (Å²) < 4.78 is 0. The summed E-state index contributed by atoms with van der Waals surface area (Å²) in [5.41, 5.74) is 0. The van der Waals surface area contributed by atoms with Crippen molar-refractivity contribution in [3.63, 3.8) is 0 Å². The maximum absolute atomic E-state index is 10.3. The van der Waals surface area contributed by atoms with E-state index in [4.69, 9.17) is 5.84 Å².